The van der Waals surface area contributed by atoms with E-state index < -0.39 is 0 Å². The molecule has 0 aromatic heterocycles. The first-order chi connectivity index (χ1) is 8.20. The van der Waals surface area contributed by atoms with Crippen LogP contribution in [0.25, 0.3) is 0 Å². The van der Waals surface area contributed by atoms with E-state index in [0.29, 0.717) is 11.6 Å². The number of rotatable bonds is 2. The highest BCUT2D eigenvalue weighted by molar-refractivity contribution is 4.97. The van der Waals surface area contributed by atoms with Crippen molar-refractivity contribution in [2.75, 3.05) is 6.61 Å². The summed E-state index contributed by atoms with van der Waals surface area (Å²) in [6.07, 6.45) is 13.4. The van der Waals surface area contributed by atoms with Gasteiger partial charge in [0.25, 0.3) is 0 Å². The Morgan fingerprint density at radius 3 is 2.35 bits per heavy atom. The first kappa shape index (κ1) is 12.0. The average molecular weight is 237 g/mol. The third-order valence-electron chi connectivity index (χ3n) is 5.27. The van der Waals surface area contributed by atoms with Crippen LogP contribution in [0.2, 0.25) is 0 Å². The molecule has 2 nitrogen and oxygen atoms in total. The number of ether oxygens (including phenoxy) is 1. The van der Waals surface area contributed by atoms with Crippen molar-refractivity contribution in [3.8, 4) is 0 Å². The van der Waals surface area contributed by atoms with Crippen molar-refractivity contribution in [1.29, 1.82) is 0 Å². The molecule has 1 unspecified atom stereocenters. The highest BCUT2D eigenvalue weighted by Crippen LogP contribution is 2.41. The van der Waals surface area contributed by atoms with Crippen molar-refractivity contribution < 1.29 is 4.74 Å². The predicted octanol–water partition coefficient (Wildman–Crippen LogP) is 3.40. The summed E-state index contributed by atoms with van der Waals surface area (Å²) in [5.41, 5.74) is 0.701. The van der Waals surface area contributed by atoms with Gasteiger partial charge in [0.05, 0.1) is 5.60 Å². The van der Waals surface area contributed by atoms with E-state index in [9.17, 15) is 0 Å². The highest BCUT2D eigenvalue weighted by Gasteiger charge is 2.41. The quantitative estimate of drug-likeness (QED) is 0.795. The summed E-state index contributed by atoms with van der Waals surface area (Å²) in [5.74, 6) is 0. The molecule has 3 rings (SSSR count). The Morgan fingerprint density at radius 1 is 1.00 bits per heavy atom. The summed E-state index contributed by atoms with van der Waals surface area (Å²) in [7, 11) is 0. The maximum absolute atomic E-state index is 6.11. The maximum Gasteiger partial charge on any atom is 0.0697 e. The Balaban J connectivity index is 1.60. The monoisotopic (exact) mass is 237 g/mol. The fraction of sp³-hybridized carbons (Fsp3) is 1.00. The van der Waals surface area contributed by atoms with Gasteiger partial charge in [-0.3, -0.25) is 0 Å². The Hall–Kier alpha value is -0.0800. The summed E-state index contributed by atoms with van der Waals surface area (Å²) in [5, 5.41) is 3.97. The lowest BCUT2D eigenvalue weighted by atomic mass is 9.87. The summed E-state index contributed by atoms with van der Waals surface area (Å²) >= 11 is 0. The lowest BCUT2D eigenvalue weighted by Crippen LogP contribution is -2.52. The van der Waals surface area contributed by atoms with Crippen LogP contribution < -0.4 is 5.32 Å². The molecule has 1 heterocycles. The molecule has 17 heavy (non-hydrogen) atoms. The van der Waals surface area contributed by atoms with Crippen LogP contribution in [0.5, 0.6) is 0 Å². The Morgan fingerprint density at radius 2 is 1.65 bits per heavy atom. The van der Waals surface area contributed by atoms with Gasteiger partial charge in [0, 0.05) is 18.2 Å². The zero-order valence-electron chi connectivity index (χ0n) is 11.3. The zero-order chi connectivity index (χ0) is 11.8. The molecule has 0 radical (unpaired) electrons. The van der Waals surface area contributed by atoms with Crippen molar-refractivity contribution in [2.45, 2.75) is 88.3 Å². The van der Waals surface area contributed by atoms with Gasteiger partial charge in [-0.2, -0.15) is 0 Å². The van der Waals surface area contributed by atoms with E-state index in [1.165, 1.54) is 64.2 Å². The SMILES string of the molecule is CC1(NC2CCOC3(CCCC3)C2)CCCC1. The van der Waals surface area contributed by atoms with E-state index in [-0.39, 0.29) is 5.60 Å². The van der Waals surface area contributed by atoms with Gasteiger partial charge in [-0.1, -0.05) is 25.7 Å². The van der Waals surface area contributed by atoms with E-state index in [2.05, 4.69) is 12.2 Å². The van der Waals surface area contributed by atoms with Crippen molar-refractivity contribution in [3.63, 3.8) is 0 Å². The maximum atomic E-state index is 6.11. The summed E-state index contributed by atoms with van der Waals surface area (Å²) in [6, 6.07) is 0.713. The molecule has 3 fully saturated rings. The van der Waals surface area contributed by atoms with Crippen LogP contribution in [0.3, 0.4) is 0 Å². The van der Waals surface area contributed by atoms with Crippen molar-refractivity contribution in [1.82, 2.24) is 5.32 Å². The van der Waals surface area contributed by atoms with Crippen LogP contribution >= 0.6 is 0 Å². The average Bonchev–Trinajstić information content (AvgIpc) is 2.89. The van der Waals surface area contributed by atoms with Gasteiger partial charge in [0.2, 0.25) is 0 Å². The van der Waals surface area contributed by atoms with Crippen molar-refractivity contribution in [3.05, 3.63) is 0 Å². The number of hydrogen-bond donors (Lipinski definition) is 1. The second-order valence-corrected chi connectivity index (χ2v) is 6.84. The van der Waals surface area contributed by atoms with E-state index in [0.717, 1.165) is 6.61 Å². The second kappa shape index (κ2) is 4.55. The van der Waals surface area contributed by atoms with E-state index >= 15 is 0 Å². The lowest BCUT2D eigenvalue weighted by Gasteiger charge is -2.42. The molecule has 3 aliphatic rings. The molecular weight excluding hydrogens is 210 g/mol. The van der Waals surface area contributed by atoms with Gasteiger partial charge < -0.3 is 10.1 Å². The lowest BCUT2D eigenvalue weighted by molar-refractivity contribution is -0.0864. The van der Waals surface area contributed by atoms with Gasteiger partial charge in [0.15, 0.2) is 0 Å². The molecule has 1 spiro atoms. The standard InChI is InChI=1S/C15H27NO/c1-14(7-2-3-8-14)16-13-6-11-17-15(12-13)9-4-5-10-15/h13,16H,2-12H2,1H3. The van der Waals surface area contributed by atoms with Crippen molar-refractivity contribution in [2.24, 2.45) is 0 Å². The Labute approximate surface area is 105 Å². The molecular formula is C15H27NO. The van der Waals surface area contributed by atoms with Gasteiger partial charge in [0.1, 0.15) is 0 Å². The Bertz CT molecular complexity index is 262. The summed E-state index contributed by atoms with van der Waals surface area (Å²) in [6.45, 7) is 3.41. The topological polar surface area (TPSA) is 21.3 Å². The van der Waals surface area contributed by atoms with Crippen LogP contribution in [0.15, 0.2) is 0 Å². The molecule has 1 atom stereocenters. The predicted molar refractivity (Wildman–Crippen MR) is 70.2 cm³/mol. The number of hydrogen-bond acceptors (Lipinski definition) is 2. The molecule has 98 valence electrons. The summed E-state index contributed by atoms with van der Waals surface area (Å²) in [4.78, 5) is 0. The van der Waals surface area contributed by atoms with Crippen LogP contribution in [-0.4, -0.2) is 23.8 Å². The molecule has 2 saturated carbocycles. The highest BCUT2D eigenvalue weighted by atomic mass is 16.5. The first-order valence-corrected chi connectivity index (χ1v) is 7.62. The third-order valence-corrected chi connectivity index (χ3v) is 5.27. The van der Waals surface area contributed by atoms with Crippen LogP contribution in [0.4, 0.5) is 0 Å². The fourth-order valence-corrected chi connectivity index (χ4v) is 4.31. The number of nitrogens with one attached hydrogen (secondary N) is 1. The molecule has 1 aliphatic heterocycles. The second-order valence-electron chi connectivity index (χ2n) is 6.84. The van der Waals surface area contributed by atoms with E-state index in [4.69, 9.17) is 4.74 Å². The normalized spacial score (nSPS) is 35.5. The van der Waals surface area contributed by atoms with Gasteiger partial charge in [-0.05, 0) is 45.4 Å². The first-order valence-electron chi connectivity index (χ1n) is 7.62. The summed E-state index contributed by atoms with van der Waals surface area (Å²) < 4.78 is 6.11. The zero-order valence-corrected chi connectivity index (χ0v) is 11.3. The minimum absolute atomic E-state index is 0.269. The van der Waals surface area contributed by atoms with Crippen LogP contribution in [0, 0.1) is 0 Å². The molecule has 0 aromatic carbocycles. The van der Waals surface area contributed by atoms with Gasteiger partial charge in [-0.25, -0.2) is 0 Å². The molecule has 1 N–H and O–H groups in total. The third kappa shape index (κ3) is 2.53. The van der Waals surface area contributed by atoms with Gasteiger partial charge >= 0.3 is 0 Å². The van der Waals surface area contributed by atoms with Crippen molar-refractivity contribution >= 4 is 0 Å². The molecule has 0 bridgehead atoms. The van der Waals surface area contributed by atoms with Crippen LogP contribution in [-0.2, 0) is 4.74 Å². The molecule has 1 saturated heterocycles. The van der Waals surface area contributed by atoms with E-state index in [1.807, 2.05) is 0 Å². The molecule has 2 heteroatoms. The Kier molecular flexibility index (Phi) is 3.20. The largest absolute Gasteiger partial charge is 0.375 e. The molecule has 2 aliphatic carbocycles. The molecule has 0 aromatic rings. The fourth-order valence-electron chi connectivity index (χ4n) is 4.31. The van der Waals surface area contributed by atoms with Gasteiger partial charge in [-0.15, -0.1) is 0 Å². The minimum Gasteiger partial charge on any atom is -0.375 e. The van der Waals surface area contributed by atoms with E-state index in [1.54, 1.807) is 0 Å². The molecule has 0 amide bonds. The minimum atomic E-state index is 0.269. The van der Waals surface area contributed by atoms with Crippen LogP contribution in [0.1, 0.15) is 71.1 Å². The smallest absolute Gasteiger partial charge is 0.0697 e.